The second kappa shape index (κ2) is 8.95. The van der Waals surface area contributed by atoms with Crippen molar-refractivity contribution in [2.75, 3.05) is 18.4 Å². The van der Waals surface area contributed by atoms with Crippen LogP contribution in [0.4, 0.5) is 5.69 Å². The fourth-order valence-electron chi connectivity index (χ4n) is 3.51. The fourth-order valence-corrected chi connectivity index (χ4v) is 5.05. The Labute approximate surface area is 181 Å². The number of anilines is 1. The molecular weight excluding hydrogens is 416 g/mol. The number of sulfonamides is 1. The van der Waals surface area contributed by atoms with E-state index in [1.807, 2.05) is 25.1 Å². The van der Waals surface area contributed by atoms with Crippen LogP contribution in [0.3, 0.4) is 0 Å². The Balaban J connectivity index is 1.69. The molecule has 1 amide bonds. The van der Waals surface area contributed by atoms with Gasteiger partial charge in [0.05, 0.1) is 16.8 Å². The number of ether oxygens (including phenoxy) is 1. The van der Waals surface area contributed by atoms with Crippen LogP contribution in [0.2, 0.25) is 0 Å². The van der Waals surface area contributed by atoms with E-state index in [1.54, 1.807) is 18.2 Å². The van der Waals surface area contributed by atoms with Gasteiger partial charge in [-0.15, -0.1) is 0 Å². The Hall–Kier alpha value is -3.10. The zero-order valence-electron chi connectivity index (χ0n) is 17.2. The Bertz CT molecular complexity index is 1170. The largest absolute Gasteiger partial charge is 0.459 e. The number of rotatable bonds is 6. The van der Waals surface area contributed by atoms with Crippen LogP contribution in [0, 0.1) is 6.92 Å². The summed E-state index contributed by atoms with van der Waals surface area (Å²) >= 11 is 0. The number of carbonyl (C=O) groups excluding carboxylic acids is 1. The monoisotopic (exact) mass is 440 g/mol. The molecule has 2 aromatic carbocycles. The van der Waals surface area contributed by atoms with Crippen molar-refractivity contribution in [1.29, 1.82) is 0 Å². The lowest BCUT2D eigenvalue weighted by Gasteiger charge is -2.26. The molecule has 162 valence electrons. The standard InChI is InChI=1S/C23H24N2O5S/c1-17-7-5-8-18(15-17)30-21-11-10-19(31(27,28)25-12-3-2-4-13-25)16-20(21)24-23(26)22-9-6-14-29-22/h5-11,14-16H,2-4,12-13H2,1H3,(H,24,26). The molecule has 0 bridgehead atoms. The van der Waals surface area contributed by atoms with E-state index in [0.717, 1.165) is 24.8 Å². The third-order valence-electron chi connectivity index (χ3n) is 5.11. The van der Waals surface area contributed by atoms with Crippen molar-refractivity contribution >= 4 is 21.6 Å². The molecule has 0 radical (unpaired) electrons. The lowest BCUT2D eigenvalue weighted by molar-refractivity contribution is 0.0996. The first-order chi connectivity index (χ1) is 14.9. The molecule has 1 N–H and O–H groups in total. The van der Waals surface area contributed by atoms with Gasteiger partial charge in [-0.25, -0.2) is 8.42 Å². The molecule has 4 rings (SSSR count). The second-order valence-electron chi connectivity index (χ2n) is 7.47. The van der Waals surface area contributed by atoms with Gasteiger partial charge in [0.25, 0.3) is 5.91 Å². The van der Waals surface area contributed by atoms with Crippen molar-refractivity contribution in [3.05, 3.63) is 72.2 Å². The summed E-state index contributed by atoms with van der Waals surface area (Å²) in [5, 5.41) is 2.72. The Morgan fingerprint density at radius 3 is 2.55 bits per heavy atom. The Morgan fingerprint density at radius 1 is 1.03 bits per heavy atom. The number of furan rings is 1. The average molecular weight is 441 g/mol. The van der Waals surface area contributed by atoms with E-state index in [9.17, 15) is 13.2 Å². The third-order valence-corrected chi connectivity index (χ3v) is 7.01. The van der Waals surface area contributed by atoms with E-state index in [4.69, 9.17) is 9.15 Å². The molecule has 0 unspecified atom stereocenters. The molecule has 1 aromatic heterocycles. The van der Waals surface area contributed by atoms with Gasteiger partial charge in [0.2, 0.25) is 10.0 Å². The summed E-state index contributed by atoms with van der Waals surface area (Å²) in [6.45, 7) is 2.94. The molecule has 7 nitrogen and oxygen atoms in total. The third kappa shape index (κ3) is 4.81. The lowest BCUT2D eigenvalue weighted by atomic mass is 10.2. The van der Waals surface area contributed by atoms with E-state index in [2.05, 4.69) is 5.32 Å². The minimum atomic E-state index is -3.67. The van der Waals surface area contributed by atoms with E-state index in [1.165, 1.54) is 28.8 Å². The molecule has 2 heterocycles. The van der Waals surface area contributed by atoms with Gasteiger partial charge in [0.15, 0.2) is 11.5 Å². The summed E-state index contributed by atoms with van der Waals surface area (Å²) in [7, 11) is -3.67. The topological polar surface area (TPSA) is 88.9 Å². The Morgan fingerprint density at radius 2 is 1.84 bits per heavy atom. The number of amides is 1. The van der Waals surface area contributed by atoms with Crippen LogP contribution >= 0.6 is 0 Å². The molecule has 1 aliphatic heterocycles. The van der Waals surface area contributed by atoms with Gasteiger partial charge in [-0.1, -0.05) is 18.6 Å². The first-order valence-corrected chi connectivity index (χ1v) is 11.6. The first kappa shape index (κ1) is 21.1. The zero-order valence-corrected chi connectivity index (χ0v) is 18.0. The summed E-state index contributed by atoms with van der Waals surface area (Å²) in [5.74, 6) is 0.542. The maximum absolute atomic E-state index is 13.1. The smallest absolute Gasteiger partial charge is 0.291 e. The molecule has 0 atom stereocenters. The molecule has 1 saturated heterocycles. The summed E-state index contributed by atoms with van der Waals surface area (Å²) in [5.41, 5.74) is 1.27. The van der Waals surface area contributed by atoms with Crippen LogP contribution in [-0.2, 0) is 10.0 Å². The van der Waals surface area contributed by atoms with E-state index in [0.29, 0.717) is 24.6 Å². The first-order valence-electron chi connectivity index (χ1n) is 10.2. The minimum Gasteiger partial charge on any atom is -0.459 e. The van der Waals surface area contributed by atoms with Crippen LogP contribution in [-0.4, -0.2) is 31.7 Å². The van der Waals surface area contributed by atoms with Crippen LogP contribution in [0.5, 0.6) is 11.5 Å². The number of aryl methyl sites for hydroxylation is 1. The maximum Gasteiger partial charge on any atom is 0.291 e. The van der Waals surface area contributed by atoms with E-state index < -0.39 is 15.9 Å². The SMILES string of the molecule is Cc1cccc(Oc2ccc(S(=O)(=O)N3CCCCC3)cc2NC(=O)c2ccco2)c1. The molecule has 0 aliphatic carbocycles. The van der Waals surface area contributed by atoms with Gasteiger partial charge in [-0.3, -0.25) is 4.79 Å². The molecule has 3 aromatic rings. The highest BCUT2D eigenvalue weighted by Crippen LogP contribution is 2.34. The van der Waals surface area contributed by atoms with Crippen LogP contribution in [0.15, 0.2) is 70.2 Å². The van der Waals surface area contributed by atoms with Gasteiger partial charge in [-0.05, 0) is 67.8 Å². The van der Waals surface area contributed by atoms with Crippen molar-refractivity contribution < 1.29 is 22.4 Å². The summed E-state index contributed by atoms with van der Waals surface area (Å²) < 4.78 is 38.9. The van der Waals surface area contributed by atoms with Crippen molar-refractivity contribution in [2.24, 2.45) is 0 Å². The maximum atomic E-state index is 13.1. The minimum absolute atomic E-state index is 0.112. The molecule has 8 heteroatoms. The van der Waals surface area contributed by atoms with E-state index in [-0.39, 0.29) is 16.3 Å². The van der Waals surface area contributed by atoms with Crippen LogP contribution in [0.25, 0.3) is 0 Å². The zero-order chi connectivity index (χ0) is 21.8. The molecule has 0 spiro atoms. The molecule has 0 saturated carbocycles. The van der Waals surface area contributed by atoms with Gasteiger partial charge in [0.1, 0.15) is 5.75 Å². The highest BCUT2D eigenvalue weighted by atomic mass is 32.2. The van der Waals surface area contributed by atoms with Gasteiger partial charge >= 0.3 is 0 Å². The van der Waals surface area contributed by atoms with Crippen molar-refractivity contribution in [3.63, 3.8) is 0 Å². The number of nitrogens with zero attached hydrogens (tertiary/aromatic N) is 1. The number of carbonyl (C=O) groups is 1. The fraction of sp³-hybridized carbons (Fsp3) is 0.261. The van der Waals surface area contributed by atoms with Gasteiger partial charge in [-0.2, -0.15) is 4.31 Å². The molecule has 1 fully saturated rings. The predicted octanol–water partition coefficient (Wildman–Crippen LogP) is 4.81. The number of hydrogen-bond acceptors (Lipinski definition) is 5. The Kier molecular flexibility index (Phi) is 6.11. The quantitative estimate of drug-likeness (QED) is 0.594. The highest BCUT2D eigenvalue weighted by molar-refractivity contribution is 7.89. The summed E-state index contributed by atoms with van der Waals surface area (Å²) in [6, 6.07) is 15.1. The summed E-state index contributed by atoms with van der Waals surface area (Å²) in [4.78, 5) is 12.7. The normalized spacial score (nSPS) is 14.9. The van der Waals surface area contributed by atoms with Gasteiger partial charge < -0.3 is 14.5 Å². The number of hydrogen-bond donors (Lipinski definition) is 1. The number of benzene rings is 2. The van der Waals surface area contributed by atoms with Crippen molar-refractivity contribution in [1.82, 2.24) is 4.31 Å². The molecular formula is C23H24N2O5S. The number of nitrogens with one attached hydrogen (secondary N) is 1. The van der Waals surface area contributed by atoms with E-state index >= 15 is 0 Å². The van der Waals surface area contributed by atoms with Gasteiger partial charge in [0, 0.05) is 13.1 Å². The average Bonchev–Trinajstić information content (AvgIpc) is 3.31. The summed E-state index contributed by atoms with van der Waals surface area (Å²) in [6.07, 6.45) is 4.11. The van der Waals surface area contributed by atoms with Crippen molar-refractivity contribution in [3.8, 4) is 11.5 Å². The molecule has 31 heavy (non-hydrogen) atoms. The highest BCUT2D eigenvalue weighted by Gasteiger charge is 2.27. The second-order valence-corrected chi connectivity index (χ2v) is 9.41. The predicted molar refractivity (Wildman–Crippen MR) is 117 cm³/mol. The van der Waals surface area contributed by atoms with Crippen molar-refractivity contribution in [2.45, 2.75) is 31.1 Å². The molecule has 1 aliphatic rings. The number of piperidine rings is 1. The van der Waals surface area contributed by atoms with Crippen LogP contribution in [0.1, 0.15) is 35.4 Å². The van der Waals surface area contributed by atoms with Crippen LogP contribution < -0.4 is 10.1 Å². The lowest BCUT2D eigenvalue weighted by Crippen LogP contribution is -2.35.